The van der Waals surface area contributed by atoms with Gasteiger partial charge in [0.25, 0.3) is 0 Å². The molecule has 0 radical (unpaired) electrons. The Balaban J connectivity index is 1.76. The highest BCUT2D eigenvalue weighted by Crippen LogP contribution is 2.29. The maximum atomic E-state index is 13.3. The summed E-state index contributed by atoms with van der Waals surface area (Å²) in [7, 11) is -3.69. The first-order valence-electron chi connectivity index (χ1n) is 9.88. The van der Waals surface area contributed by atoms with Gasteiger partial charge in [0.05, 0.1) is 10.8 Å². The molecular formula is C22H27N3O4S. The van der Waals surface area contributed by atoms with Crippen LogP contribution in [0.4, 0.5) is 5.69 Å². The molecule has 8 heteroatoms. The highest BCUT2D eigenvalue weighted by Gasteiger charge is 2.34. The van der Waals surface area contributed by atoms with Crippen LogP contribution in [0, 0.1) is 26.7 Å². The van der Waals surface area contributed by atoms with Gasteiger partial charge in [-0.2, -0.15) is 4.31 Å². The van der Waals surface area contributed by atoms with Crippen LogP contribution in [-0.4, -0.2) is 37.6 Å². The van der Waals surface area contributed by atoms with Crippen LogP contribution in [0.2, 0.25) is 0 Å². The van der Waals surface area contributed by atoms with Crippen LogP contribution in [-0.2, 0) is 14.8 Å². The van der Waals surface area contributed by atoms with Gasteiger partial charge in [0.1, 0.15) is 0 Å². The molecule has 1 fully saturated rings. The molecule has 160 valence electrons. The van der Waals surface area contributed by atoms with E-state index in [2.05, 4.69) is 5.32 Å². The number of rotatable bonds is 5. The summed E-state index contributed by atoms with van der Waals surface area (Å²) in [5.41, 5.74) is 8.57. The Kier molecular flexibility index (Phi) is 6.28. The van der Waals surface area contributed by atoms with Gasteiger partial charge >= 0.3 is 0 Å². The standard InChI is InChI=1S/C22H27N3O4S/c1-14-11-15(2)20(16(3)12-14)30(28,29)25-10-4-5-18(13-25)22(27)24-19-8-6-17(7-9-19)21(23)26/h6-9,11-12,18H,4-5,10,13H2,1-3H3,(H2,23,26)(H,24,27). The van der Waals surface area contributed by atoms with Gasteiger partial charge in [0.2, 0.25) is 21.8 Å². The highest BCUT2D eigenvalue weighted by atomic mass is 32.2. The maximum Gasteiger partial charge on any atom is 0.248 e. The Labute approximate surface area is 177 Å². The smallest absolute Gasteiger partial charge is 0.248 e. The minimum atomic E-state index is -3.69. The molecule has 0 aromatic heterocycles. The van der Waals surface area contributed by atoms with Gasteiger partial charge in [-0.05, 0) is 69.0 Å². The number of carbonyl (C=O) groups is 2. The number of nitrogens with one attached hydrogen (secondary N) is 1. The lowest BCUT2D eigenvalue weighted by Crippen LogP contribution is -2.44. The van der Waals surface area contributed by atoms with Crippen molar-refractivity contribution in [3.63, 3.8) is 0 Å². The Morgan fingerprint density at radius 3 is 2.23 bits per heavy atom. The lowest BCUT2D eigenvalue weighted by molar-refractivity contribution is -0.120. The molecule has 2 aromatic rings. The Morgan fingerprint density at radius 1 is 1.07 bits per heavy atom. The number of carbonyl (C=O) groups excluding carboxylic acids is 2. The van der Waals surface area contributed by atoms with Crippen LogP contribution in [0.5, 0.6) is 0 Å². The quantitative estimate of drug-likeness (QED) is 0.761. The van der Waals surface area contributed by atoms with Gasteiger partial charge in [-0.15, -0.1) is 0 Å². The van der Waals surface area contributed by atoms with E-state index < -0.39 is 21.8 Å². The molecule has 3 N–H and O–H groups in total. The average Bonchev–Trinajstić information content (AvgIpc) is 2.67. The Bertz CT molecular complexity index is 1060. The molecule has 3 rings (SSSR count). The molecule has 7 nitrogen and oxygen atoms in total. The number of primary amides is 1. The van der Waals surface area contributed by atoms with Gasteiger partial charge in [-0.3, -0.25) is 9.59 Å². The normalized spacial score (nSPS) is 17.5. The first-order chi connectivity index (χ1) is 14.1. The number of hydrogen-bond acceptors (Lipinski definition) is 4. The number of benzene rings is 2. The monoisotopic (exact) mass is 429 g/mol. The van der Waals surface area contributed by atoms with E-state index >= 15 is 0 Å². The summed E-state index contributed by atoms with van der Waals surface area (Å²) < 4.78 is 28.1. The predicted octanol–water partition coefficient (Wildman–Crippen LogP) is 2.75. The molecule has 1 aliphatic rings. The van der Waals surface area contributed by atoms with Crippen molar-refractivity contribution in [2.24, 2.45) is 11.7 Å². The van der Waals surface area contributed by atoms with Crippen molar-refractivity contribution in [3.05, 3.63) is 58.7 Å². The van der Waals surface area contributed by atoms with Crippen molar-refractivity contribution in [2.45, 2.75) is 38.5 Å². The third-order valence-corrected chi connectivity index (χ3v) is 7.57. The van der Waals surface area contributed by atoms with Crippen LogP contribution < -0.4 is 11.1 Å². The van der Waals surface area contributed by atoms with Crippen molar-refractivity contribution in [1.29, 1.82) is 0 Å². The Hall–Kier alpha value is -2.71. The van der Waals surface area contributed by atoms with E-state index in [4.69, 9.17) is 5.73 Å². The molecule has 2 aromatic carbocycles. The molecule has 1 aliphatic heterocycles. The average molecular weight is 430 g/mol. The lowest BCUT2D eigenvalue weighted by atomic mass is 9.98. The minimum absolute atomic E-state index is 0.139. The summed E-state index contributed by atoms with van der Waals surface area (Å²) in [4.78, 5) is 24.2. The van der Waals surface area contributed by atoms with Crippen molar-refractivity contribution < 1.29 is 18.0 Å². The van der Waals surface area contributed by atoms with Gasteiger partial charge in [0.15, 0.2) is 0 Å². The van der Waals surface area contributed by atoms with E-state index in [-0.39, 0.29) is 12.5 Å². The zero-order valence-electron chi connectivity index (χ0n) is 17.4. The summed E-state index contributed by atoms with van der Waals surface area (Å²) in [5, 5.41) is 2.81. The number of amides is 2. The fourth-order valence-corrected chi connectivity index (χ4v) is 5.98. The third kappa shape index (κ3) is 4.55. The molecule has 0 saturated carbocycles. The van der Waals surface area contributed by atoms with Gasteiger partial charge in [-0.25, -0.2) is 8.42 Å². The topological polar surface area (TPSA) is 110 Å². The second-order valence-electron chi connectivity index (χ2n) is 7.86. The third-order valence-electron chi connectivity index (χ3n) is 5.39. The largest absolute Gasteiger partial charge is 0.366 e. The molecule has 1 saturated heterocycles. The molecule has 2 amide bonds. The van der Waals surface area contributed by atoms with Gasteiger partial charge in [0, 0.05) is 24.3 Å². The van der Waals surface area contributed by atoms with E-state index in [0.717, 1.165) is 5.56 Å². The number of nitrogens with zero attached hydrogens (tertiary/aromatic N) is 1. The number of aryl methyl sites for hydroxylation is 3. The predicted molar refractivity (Wildman–Crippen MR) is 116 cm³/mol. The maximum absolute atomic E-state index is 13.3. The first-order valence-corrected chi connectivity index (χ1v) is 11.3. The lowest BCUT2D eigenvalue weighted by Gasteiger charge is -2.32. The molecule has 1 heterocycles. The summed E-state index contributed by atoms with van der Waals surface area (Å²) in [6, 6.07) is 10.0. The zero-order chi connectivity index (χ0) is 22.1. The minimum Gasteiger partial charge on any atom is -0.366 e. The van der Waals surface area contributed by atoms with E-state index in [9.17, 15) is 18.0 Å². The summed E-state index contributed by atoms with van der Waals surface area (Å²) >= 11 is 0. The molecule has 30 heavy (non-hydrogen) atoms. The SMILES string of the molecule is Cc1cc(C)c(S(=O)(=O)N2CCCC(C(=O)Nc3ccc(C(N)=O)cc3)C2)c(C)c1. The van der Waals surface area contributed by atoms with E-state index in [1.807, 2.05) is 19.1 Å². The van der Waals surface area contributed by atoms with Crippen LogP contribution >= 0.6 is 0 Å². The zero-order valence-corrected chi connectivity index (χ0v) is 18.3. The molecule has 0 bridgehead atoms. The van der Waals surface area contributed by atoms with Crippen LogP contribution in [0.25, 0.3) is 0 Å². The molecule has 0 aliphatic carbocycles. The second-order valence-corrected chi connectivity index (χ2v) is 9.74. The first kappa shape index (κ1) is 22.0. The summed E-state index contributed by atoms with van der Waals surface area (Å²) in [6.07, 6.45) is 1.23. The molecule has 0 spiro atoms. The van der Waals surface area contributed by atoms with Crippen LogP contribution in [0.1, 0.15) is 39.9 Å². The van der Waals surface area contributed by atoms with Crippen molar-refractivity contribution in [3.8, 4) is 0 Å². The second kappa shape index (κ2) is 8.57. The number of anilines is 1. The summed E-state index contributed by atoms with van der Waals surface area (Å²) in [5.74, 6) is -1.22. The fourth-order valence-electron chi connectivity index (χ4n) is 4.04. The number of sulfonamides is 1. The van der Waals surface area contributed by atoms with Gasteiger partial charge in [-0.1, -0.05) is 17.7 Å². The van der Waals surface area contributed by atoms with E-state index in [1.54, 1.807) is 38.1 Å². The van der Waals surface area contributed by atoms with Crippen LogP contribution in [0.15, 0.2) is 41.3 Å². The number of nitrogens with two attached hydrogens (primary N) is 1. The molecule has 1 unspecified atom stereocenters. The number of piperidine rings is 1. The highest BCUT2D eigenvalue weighted by molar-refractivity contribution is 7.89. The Morgan fingerprint density at radius 2 is 1.67 bits per heavy atom. The number of hydrogen-bond donors (Lipinski definition) is 2. The molecular weight excluding hydrogens is 402 g/mol. The summed E-state index contributed by atoms with van der Waals surface area (Å²) in [6.45, 7) is 6.08. The van der Waals surface area contributed by atoms with Crippen molar-refractivity contribution in [2.75, 3.05) is 18.4 Å². The van der Waals surface area contributed by atoms with E-state index in [1.165, 1.54) is 4.31 Å². The van der Waals surface area contributed by atoms with Crippen molar-refractivity contribution >= 4 is 27.5 Å². The van der Waals surface area contributed by atoms with Crippen molar-refractivity contribution in [1.82, 2.24) is 4.31 Å². The van der Waals surface area contributed by atoms with E-state index in [0.29, 0.717) is 46.7 Å². The van der Waals surface area contributed by atoms with Crippen LogP contribution in [0.3, 0.4) is 0 Å². The molecule has 1 atom stereocenters. The van der Waals surface area contributed by atoms with Gasteiger partial charge < -0.3 is 11.1 Å². The fraction of sp³-hybridized carbons (Fsp3) is 0.364.